The van der Waals surface area contributed by atoms with E-state index in [2.05, 4.69) is 43.1 Å². The second kappa shape index (κ2) is 5.73. The number of imidazole rings is 1. The fourth-order valence-corrected chi connectivity index (χ4v) is 2.68. The van der Waals surface area contributed by atoms with E-state index in [9.17, 15) is 0 Å². The SMILES string of the molecule is CCC(Nc1ccc(N)c2cc(Br)cnc12)c1ncc[nH]1. The molecule has 21 heavy (non-hydrogen) atoms. The molecule has 0 saturated carbocycles. The van der Waals surface area contributed by atoms with E-state index in [0.717, 1.165) is 39.0 Å². The molecule has 0 spiro atoms. The van der Waals surface area contributed by atoms with Gasteiger partial charge in [-0.1, -0.05) is 6.92 Å². The van der Waals surface area contributed by atoms with Crippen LogP contribution in [-0.4, -0.2) is 15.0 Å². The number of pyridine rings is 1. The van der Waals surface area contributed by atoms with E-state index in [0.29, 0.717) is 0 Å². The van der Waals surface area contributed by atoms with Crippen LogP contribution in [0.5, 0.6) is 0 Å². The fraction of sp³-hybridized carbons (Fsp3) is 0.200. The van der Waals surface area contributed by atoms with Crippen molar-refractivity contribution in [2.75, 3.05) is 11.1 Å². The van der Waals surface area contributed by atoms with Crippen molar-refractivity contribution in [3.8, 4) is 0 Å². The number of fused-ring (bicyclic) bond motifs is 1. The highest BCUT2D eigenvalue weighted by Crippen LogP contribution is 2.31. The minimum Gasteiger partial charge on any atom is -0.398 e. The lowest BCUT2D eigenvalue weighted by atomic mass is 10.1. The van der Waals surface area contributed by atoms with E-state index >= 15 is 0 Å². The lowest BCUT2D eigenvalue weighted by Gasteiger charge is -2.18. The molecule has 0 aliphatic heterocycles. The molecule has 5 nitrogen and oxygen atoms in total. The third-order valence-corrected chi connectivity index (χ3v) is 3.87. The first-order chi connectivity index (χ1) is 10.2. The van der Waals surface area contributed by atoms with Crippen LogP contribution in [0.3, 0.4) is 0 Å². The van der Waals surface area contributed by atoms with Gasteiger partial charge >= 0.3 is 0 Å². The molecule has 1 atom stereocenters. The fourth-order valence-electron chi connectivity index (χ4n) is 2.35. The van der Waals surface area contributed by atoms with Crippen molar-refractivity contribution in [3.63, 3.8) is 0 Å². The number of hydrogen-bond donors (Lipinski definition) is 3. The maximum absolute atomic E-state index is 6.04. The molecule has 0 bridgehead atoms. The van der Waals surface area contributed by atoms with Gasteiger partial charge in [0, 0.05) is 34.1 Å². The number of aromatic amines is 1. The Morgan fingerprint density at radius 1 is 1.38 bits per heavy atom. The molecular formula is C15H16BrN5. The van der Waals surface area contributed by atoms with Gasteiger partial charge in [0.1, 0.15) is 5.82 Å². The molecule has 2 heterocycles. The zero-order chi connectivity index (χ0) is 14.8. The summed E-state index contributed by atoms with van der Waals surface area (Å²) in [6.45, 7) is 2.11. The van der Waals surface area contributed by atoms with Crippen LogP contribution in [0.15, 0.2) is 41.3 Å². The van der Waals surface area contributed by atoms with Crippen LogP contribution in [0.2, 0.25) is 0 Å². The van der Waals surface area contributed by atoms with Gasteiger partial charge in [-0.05, 0) is 40.5 Å². The lowest BCUT2D eigenvalue weighted by Crippen LogP contribution is -2.12. The standard InChI is InChI=1S/C15H16BrN5/c1-2-12(15-18-5-6-19-15)21-13-4-3-11(17)10-7-9(16)8-20-14(10)13/h3-8,12,21H,2,17H2,1H3,(H,18,19). The van der Waals surface area contributed by atoms with Crippen LogP contribution in [-0.2, 0) is 0 Å². The van der Waals surface area contributed by atoms with E-state index < -0.39 is 0 Å². The normalized spacial score (nSPS) is 12.5. The second-order valence-corrected chi connectivity index (χ2v) is 5.75. The molecule has 4 N–H and O–H groups in total. The number of benzene rings is 1. The summed E-state index contributed by atoms with van der Waals surface area (Å²) in [5, 5.41) is 4.43. The average molecular weight is 346 g/mol. The summed E-state index contributed by atoms with van der Waals surface area (Å²) in [5.74, 6) is 0.916. The van der Waals surface area contributed by atoms with Crippen molar-refractivity contribution >= 4 is 38.2 Å². The summed E-state index contributed by atoms with van der Waals surface area (Å²) in [7, 11) is 0. The Balaban J connectivity index is 2.03. The number of nitrogen functional groups attached to an aromatic ring is 1. The first-order valence-electron chi connectivity index (χ1n) is 6.78. The summed E-state index contributed by atoms with van der Waals surface area (Å²) in [6.07, 6.45) is 6.28. The number of halogens is 1. The van der Waals surface area contributed by atoms with Crippen LogP contribution < -0.4 is 11.1 Å². The molecule has 0 saturated heterocycles. The molecule has 6 heteroatoms. The van der Waals surface area contributed by atoms with E-state index in [1.807, 2.05) is 24.4 Å². The molecule has 0 fully saturated rings. The highest BCUT2D eigenvalue weighted by atomic mass is 79.9. The molecule has 3 aromatic rings. The van der Waals surface area contributed by atoms with Gasteiger partial charge in [0.05, 0.1) is 17.2 Å². The van der Waals surface area contributed by atoms with Crippen molar-refractivity contribution in [1.29, 1.82) is 0 Å². The smallest absolute Gasteiger partial charge is 0.128 e. The molecule has 2 aromatic heterocycles. The summed E-state index contributed by atoms with van der Waals surface area (Å²) in [5.41, 5.74) is 8.58. The zero-order valence-electron chi connectivity index (χ0n) is 11.6. The van der Waals surface area contributed by atoms with Crippen LogP contribution >= 0.6 is 15.9 Å². The Kier molecular flexibility index (Phi) is 3.79. The Hall–Kier alpha value is -2.08. The van der Waals surface area contributed by atoms with Gasteiger partial charge in [0.2, 0.25) is 0 Å². The Labute approximate surface area is 131 Å². The minimum absolute atomic E-state index is 0.109. The molecule has 1 unspecified atom stereocenters. The maximum atomic E-state index is 6.04. The molecular weight excluding hydrogens is 330 g/mol. The third-order valence-electron chi connectivity index (χ3n) is 3.44. The van der Waals surface area contributed by atoms with Gasteiger partial charge in [-0.2, -0.15) is 0 Å². The Morgan fingerprint density at radius 2 is 2.24 bits per heavy atom. The first-order valence-corrected chi connectivity index (χ1v) is 7.58. The van der Waals surface area contributed by atoms with Crippen molar-refractivity contribution in [3.05, 3.63) is 47.1 Å². The quantitative estimate of drug-likeness (QED) is 0.627. The summed E-state index contributed by atoms with van der Waals surface area (Å²) >= 11 is 3.43. The Bertz CT molecular complexity index is 754. The van der Waals surface area contributed by atoms with Gasteiger partial charge in [-0.3, -0.25) is 4.98 Å². The number of nitrogens with zero attached hydrogens (tertiary/aromatic N) is 2. The van der Waals surface area contributed by atoms with Crippen molar-refractivity contribution in [2.45, 2.75) is 19.4 Å². The third kappa shape index (κ3) is 2.71. The van der Waals surface area contributed by atoms with Gasteiger partial charge in [-0.15, -0.1) is 0 Å². The molecule has 3 rings (SSSR count). The highest BCUT2D eigenvalue weighted by Gasteiger charge is 2.14. The van der Waals surface area contributed by atoms with Crippen molar-refractivity contribution < 1.29 is 0 Å². The zero-order valence-corrected chi connectivity index (χ0v) is 13.2. The summed E-state index contributed by atoms with van der Waals surface area (Å²) < 4.78 is 0.914. The maximum Gasteiger partial charge on any atom is 0.128 e. The van der Waals surface area contributed by atoms with E-state index in [4.69, 9.17) is 5.73 Å². The summed E-state index contributed by atoms with van der Waals surface area (Å²) in [6, 6.07) is 5.95. The average Bonchev–Trinajstić information content (AvgIpc) is 3.01. The molecule has 0 aliphatic carbocycles. The highest BCUT2D eigenvalue weighted by molar-refractivity contribution is 9.10. The summed E-state index contributed by atoms with van der Waals surface area (Å²) in [4.78, 5) is 12.0. The molecule has 0 radical (unpaired) electrons. The van der Waals surface area contributed by atoms with Gasteiger partial charge in [-0.25, -0.2) is 4.98 Å². The molecule has 0 aliphatic rings. The van der Waals surface area contributed by atoms with Gasteiger partial charge < -0.3 is 16.0 Å². The Morgan fingerprint density at radius 3 is 2.95 bits per heavy atom. The van der Waals surface area contributed by atoms with Crippen LogP contribution in [0.4, 0.5) is 11.4 Å². The predicted molar refractivity (Wildman–Crippen MR) is 89.1 cm³/mol. The van der Waals surface area contributed by atoms with Crippen LogP contribution in [0.25, 0.3) is 10.9 Å². The second-order valence-electron chi connectivity index (χ2n) is 4.83. The monoisotopic (exact) mass is 345 g/mol. The molecule has 0 amide bonds. The minimum atomic E-state index is 0.109. The van der Waals surface area contributed by atoms with E-state index in [-0.39, 0.29) is 6.04 Å². The molecule has 108 valence electrons. The number of H-pyrrole nitrogens is 1. The molecule has 1 aromatic carbocycles. The van der Waals surface area contributed by atoms with Crippen LogP contribution in [0, 0.1) is 0 Å². The topological polar surface area (TPSA) is 79.6 Å². The number of nitrogens with one attached hydrogen (secondary N) is 2. The van der Waals surface area contributed by atoms with E-state index in [1.54, 1.807) is 12.4 Å². The number of aromatic nitrogens is 3. The number of nitrogens with two attached hydrogens (primary N) is 1. The van der Waals surface area contributed by atoms with Crippen molar-refractivity contribution in [2.24, 2.45) is 0 Å². The number of hydrogen-bond acceptors (Lipinski definition) is 4. The first kappa shape index (κ1) is 13.9. The van der Waals surface area contributed by atoms with Gasteiger partial charge in [0.25, 0.3) is 0 Å². The lowest BCUT2D eigenvalue weighted by molar-refractivity contribution is 0.705. The number of rotatable bonds is 4. The predicted octanol–water partition coefficient (Wildman–Crippen LogP) is 3.87. The van der Waals surface area contributed by atoms with E-state index in [1.165, 1.54) is 0 Å². The van der Waals surface area contributed by atoms with Crippen molar-refractivity contribution in [1.82, 2.24) is 15.0 Å². The van der Waals surface area contributed by atoms with Gasteiger partial charge in [0.15, 0.2) is 0 Å². The van der Waals surface area contributed by atoms with Crippen LogP contribution in [0.1, 0.15) is 25.2 Å². The number of anilines is 2. The largest absolute Gasteiger partial charge is 0.398 e.